The van der Waals surface area contributed by atoms with Gasteiger partial charge in [0.05, 0.1) is 19.3 Å². The third-order valence-electron chi connectivity index (χ3n) is 4.37. The largest absolute Gasteiger partial charge is 0.497 e. The van der Waals surface area contributed by atoms with Crippen LogP contribution < -0.4 is 20.1 Å². The van der Waals surface area contributed by atoms with Crippen LogP contribution in [-0.4, -0.2) is 48.7 Å². The Kier molecular flexibility index (Phi) is 9.01. The van der Waals surface area contributed by atoms with Crippen LogP contribution in [0, 0.1) is 0 Å². The van der Waals surface area contributed by atoms with E-state index < -0.39 is 18.2 Å². The van der Waals surface area contributed by atoms with E-state index in [0.717, 1.165) is 11.1 Å². The molecule has 7 nitrogen and oxygen atoms in total. The Morgan fingerprint density at radius 2 is 2.00 bits per heavy atom. The van der Waals surface area contributed by atoms with Crippen LogP contribution in [0.15, 0.2) is 61.2 Å². The van der Waals surface area contributed by atoms with E-state index in [-0.39, 0.29) is 6.54 Å². The first kappa shape index (κ1) is 22.3. The minimum atomic E-state index is -1.17. The zero-order valence-corrected chi connectivity index (χ0v) is 16.5. The topological polar surface area (TPSA) is 100 Å². The number of amides is 1. The summed E-state index contributed by atoms with van der Waals surface area (Å²) < 4.78 is 10.9. The molecule has 7 heteroatoms. The number of hydrogen-bond acceptors (Lipinski definition) is 5. The van der Waals surface area contributed by atoms with Gasteiger partial charge in [-0.1, -0.05) is 43.0 Å². The lowest BCUT2D eigenvalue weighted by Gasteiger charge is -2.23. The molecule has 0 aromatic heterocycles. The maximum atomic E-state index is 11.1. The van der Waals surface area contributed by atoms with E-state index in [4.69, 9.17) is 14.6 Å². The number of ether oxygens (including phenoxy) is 2. The number of rotatable bonds is 12. The average molecular weight is 400 g/mol. The lowest BCUT2D eigenvalue weighted by atomic mass is 10.0. The number of methoxy groups -OCH3 is 1. The SMILES string of the molecule is C=CCOc1ccc(OC)cc1CNC[C@H](O)[C@H](Cc1ccccc1)NC(=O)O. The van der Waals surface area contributed by atoms with Crippen LogP contribution in [0.5, 0.6) is 11.5 Å². The van der Waals surface area contributed by atoms with Gasteiger partial charge in [-0.2, -0.15) is 0 Å². The Bertz CT molecular complexity index is 782. The van der Waals surface area contributed by atoms with Crippen molar-refractivity contribution in [2.75, 3.05) is 20.3 Å². The molecule has 156 valence electrons. The van der Waals surface area contributed by atoms with Crippen molar-refractivity contribution >= 4 is 6.09 Å². The fraction of sp³-hybridized carbons (Fsp3) is 0.318. The first-order valence-corrected chi connectivity index (χ1v) is 9.36. The van der Waals surface area contributed by atoms with E-state index in [2.05, 4.69) is 17.2 Å². The number of hydrogen-bond donors (Lipinski definition) is 4. The molecule has 29 heavy (non-hydrogen) atoms. The minimum absolute atomic E-state index is 0.204. The molecule has 0 aliphatic rings. The fourth-order valence-electron chi connectivity index (χ4n) is 2.92. The molecular weight excluding hydrogens is 372 g/mol. The van der Waals surface area contributed by atoms with Gasteiger partial charge in [-0.05, 0) is 30.2 Å². The van der Waals surface area contributed by atoms with Crippen molar-refractivity contribution < 1.29 is 24.5 Å². The second-order valence-electron chi connectivity index (χ2n) is 6.52. The Balaban J connectivity index is 1.99. The first-order chi connectivity index (χ1) is 14.0. The zero-order valence-electron chi connectivity index (χ0n) is 16.5. The maximum Gasteiger partial charge on any atom is 0.404 e. The average Bonchev–Trinajstić information content (AvgIpc) is 2.72. The van der Waals surface area contributed by atoms with Crippen molar-refractivity contribution in [2.45, 2.75) is 25.1 Å². The van der Waals surface area contributed by atoms with Crippen LogP contribution >= 0.6 is 0 Å². The van der Waals surface area contributed by atoms with E-state index in [1.807, 2.05) is 48.5 Å². The zero-order chi connectivity index (χ0) is 21.1. The van der Waals surface area contributed by atoms with Crippen molar-refractivity contribution in [2.24, 2.45) is 0 Å². The van der Waals surface area contributed by atoms with E-state index in [1.54, 1.807) is 13.2 Å². The van der Waals surface area contributed by atoms with Crippen LogP contribution in [0.2, 0.25) is 0 Å². The van der Waals surface area contributed by atoms with Gasteiger partial charge >= 0.3 is 6.09 Å². The van der Waals surface area contributed by atoms with E-state index in [0.29, 0.717) is 31.1 Å². The maximum absolute atomic E-state index is 11.1. The second kappa shape index (κ2) is 11.7. The van der Waals surface area contributed by atoms with Gasteiger partial charge in [-0.3, -0.25) is 0 Å². The van der Waals surface area contributed by atoms with Crippen LogP contribution in [0.25, 0.3) is 0 Å². The van der Waals surface area contributed by atoms with Gasteiger partial charge < -0.3 is 30.3 Å². The Hall–Kier alpha value is -3.03. The molecule has 0 saturated heterocycles. The van der Waals surface area contributed by atoms with Crippen LogP contribution in [-0.2, 0) is 13.0 Å². The van der Waals surface area contributed by atoms with Crippen molar-refractivity contribution in [1.82, 2.24) is 10.6 Å². The van der Waals surface area contributed by atoms with Gasteiger partial charge in [0.1, 0.15) is 18.1 Å². The van der Waals surface area contributed by atoms with Gasteiger partial charge in [0, 0.05) is 18.7 Å². The number of aliphatic hydroxyl groups excluding tert-OH is 1. The highest BCUT2D eigenvalue weighted by Crippen LogP contribution is 2.24. The molecule has 0 heterocycles. The predicted molar refractivity (Wildman–Crippen MR) is 111 cm³/mol. The summed E-state index contributed by atoms with van der Waals surface area (Å²) in [6.45, 7) is 4.65. The van der Waals surface area contributed by atoms with Crippen molar-refractivity contribution in [3.63, 3.8) is 0 Å². The van der Waals surface area contributed by atoms with E-state index >= 15 is 0 Å². The van der Waals surface area contributed by atoms with Crippen LogP contribution in [0.1, 0.15) is 11.1 Å². The van der Waals surface area contributed by atoms with E-state index in [9.17, 15) is 9.90 Å². The molecule has 1 amide bonds. The molecule has 2 atom stereocenters. The summed E-state index contributed by atoms with van der Waals surface area (Å²) in [5.41, 5.74) is 1.81. The third kappa shape index (κ3) is 7.48. The highest BCUT2D eigenvalue weighted by molar-refractivity contribution is 5.65. The van der Waals surface area contributed by atoms with Crippen molar-refractivity contribution in [3.05, 3.63) is 72.3 Å². The Labute approximate surface area is 171 Å². The molecule has 2 aromatic rings. The van der Waals surface area contributed by atoms with Gasteiger partial charge in [-0.15, -0.1) is 0 Å². The van der Waals surface area contributed by atoms with Gasteiger partial charge in [0.15, 0.2) is 0 Å². The lowest BCUT2D eigenvalue weighted by molar-refractivity contribution is 0.117. The highest BCUT2D eigenvalue weighted by atomic mass is 16.5. The summed E-state index contributed by atoms with van der Waals surface area (Å²) in [7, 11) is 1.59. The van der Waals surface area contributed by atoms with Crippen molar-refractivity contribution in [3.8, 4) is 11.5 Å². The molecule has 2 rings (SSSR count). The Morgan fingerprint density at radius 3 is 2.66 bits per heavy atom. The number of aliphatic hydroxyl groups is 1. The van der Waals surface area contributed by atoms with E-state index in [1.165, 1.54) is 0 Å². The monoisotopic (exact) mass is 400 g/mol. The lowest BCUT2D eigenvalue weighted by Crippen LogP contribution is -2.48. The van der Waals surface area contributed by atoms with Gasteiger partial charge in [0.2, 0.25) is 0 Å². The normalized spacial score (nSPS) is 12.6. The highest BCUT2D eigenvalue weighted by Gasteiger charge is 2.21. The molecule has 0 fully saturated rings. The third-order valence-corrected chi connectivity index (χ3v) is 4.37. The number of nitrogens with one attached hydrogen (secondary N) is 2. The smallest absolute Gasteiger partial charge is 0.404 e. The van der Waals surface area contributed by atoms with Gasteiger partial charge in [0.25, 0.3) is 0 Å². The molecule has 4 N–H and O–H groups in total. The van der Waals surface area contributed by atoms with Crippen LogP contribution in [0.4, 0.5) is 4.79 Å². The summed E-state index contributed by atoms with van der Waals surface area (Å²) in [6, 6.07) is 14.3. The Morgan fingerprint density at radius 1 is 1.24 bits per heavy atom. The molecule has 2 aromatic carbocycles. The molecular formula is C22H28N2O5. The summed E-state index contributed by atoms with van der Waals surface area (Å²) >= 11 is 0. The fourth-order valence-corrected chi connectivity index (χ4v) is 2.92. The summed E-state index contributed by atoms with van der Waals surface area (Å²) in [6.07, 6.45) is -0.0212. The number of benzene rings is 2. The van der Waals surface area contributed by atoms with Crippen molar-refractivity contribution in [1.29, 1.82) is 0 Å². The summed E-state index contributed by atoms with van der Waals surface area (Å²) in [4.78, 5) is 11.1. The molecule has 0 unspecified atom stereocenters. The standard InChI is InChI=1S/C22H28N2O5/c1-3-11-29-21-10-9-18(28-2)13-17(21)14-23-15-20(25)19(24-22(26)27)12-16-7-5-4-6-8-16/h3-10,13,19-20,23-25H,1,11-12,14-15H2,2H3,(H,26,27)/t19-,20-/m0/s1. The van der Waals surface area contributed by atoms with Gasteiger partial charge in [-0.25, -0.2) is 4.79 Å². The predicted octanol–water partition coefficient (Wildman–Crippen LogP) is 2.59. The molecule has 0 radical (unpaired) electrons. The minimum Gasteiger partial charge on any atom is -0.497 e. The number of carboxylic acid groups (broad SMARTS) is 1. The quantitative estimate of drug-likeness (QED) is 0.409. The first-order valence-electron chi connectivity index (χ1n) is 9.36. The number of carbonyl (C=O) groups is 1. The summed E-state index contributed by atoms with van der Waals surface area (Å²) in [5, 5.41) is 25.2. The molecule has 0 spiro atoms. The van der Waals surface area contributed by atoms with Crippen LogP contribution in [0.3, 0.4) is 0 Å². The molecule has 0 bridgehead atoms. The second-order valence-corrected chi connectivity index (χ2v) is 6.52. The molecule has 0 saturated carbocycles. The molecule has 0 aliphatic carbocycles. The summed E-state index contributed by atoms with van der Waals surface area (Å²) in [5.74, 6) is 1.39. The molecule has 0 aliphatic heterocycles.